The molecular weight excluding hydrogens is 589 g/mol. The van der Waals surface area contributed by atoms with E-state index in [-0.39, 0.29) is 18.5 Å². The van der Waals surface area contributed by atoms with E-state index in [2.05, 4.69) is 21.2 Å². The second-order valence-corrected chi connectivity index (χ2v) is 12.6. The van der Waals surface area contributed by atoms with E-state index in [4.69, 9.17) is 23.2 Å². The zero-order valence-corrected chi connectivity index (χ0v) is 24.1. The Bertz CT molecular complexity index is 1210. The van der Waals surface area contributed by atoms with Gasteiger partial charge in [-0.2, -0.15) is 0 Å². The molecule has 0 heterocycles. The number of amides is 2. The van der Waals surface area contributed by atoms with Gasteiger partial charge in [-0.05, 0) is 65.5 Å². The van der Waals surface area contributed by atoms with Gasteiger partial charge in [0, 0.05) is 17.1 Å². The number of halogens is 3. The molecule has 1 N–H and O–H groups in total. The highest BCUT2D eigenvalue weighted by molar-refractivity contribution is 9.10. The van der Waals surface area contributed by atoms with Crippen molar-refractivity contribution in [2.45, 2.75) is 57.7 Å². The Morgan fingerprint density at radius 3 is 2.36 bits per heavy atom. The maximum absolute atomic E-state index is 13.6. The van der Waals surface area contributed by atoms with Crippen LogP contribution in [-0.4, -0.2) is 50.0 Å². The summed E-state index contributed by atoms with van der Waals surface area (Å²) in [6.45, 7) is 1.24. The Labute approximate surface area is 231 Å². The van der Waals surface area contributed by atoms with E-state index in [9.17, 15) is 18.0 Å². The van der Waals surface area contributed by atoms with Gasteiger partial charge in [-0.15, -0.1) is 0 Å². The third-order valence-corrected chi connectivity index (χ3v) is 8.79. The van der Waals surface area contributed by atoms with Gasteiger partial charge in [0.25, 0.3) is 0 Å². The van der Waals surface area contributed by atoms with Crippen LogP contribution in [0.1, 0.15) is 44.6 Å². The first-order chi connectivity index (χ1) is 17.0. The van der Waals surface area contributed by atoms with E-state index in [1.807, 2.05) is 0 Å². The van der Waals surface area contributed by atoms with Crippen LogP contribution < -0.4 is 9.62 Å². The van der Waals surface area contributed by atoms with Crippen LogP contribution in [0.15, 0.2) is 46.9 Å². The van der Waals surface area contributed by atoms with Crippen LogP contribution in [0.5, 0.6) is 0 Å². The minimum absolute atomic E-state index is 0.0581. The van der Waals surface area contributed by atoms with Crippen LogP contribution in [-0.2, 0) is 26.2 Å². The largest absolute Gasteiger partial charge is 0.352 e. The number of benzene rings is 2. The van der Waals surface area contributed by atoms with Gasteiger partial charge in [0.1, 0.15) is 12.6 Å². The minimum Gasteiger partial charge on any atom is -0.352 e. The summed E-state index contributed by atoms with van der Waals surface area (Å²) >= 11 is 15.6. The molecule has 7 nitrogen and oxygen atoms in total. The van der Waals surface area contributed by atoms with E-state index < -0.39 is 28.5 Å². The number of carbonyl (C=O) groups excluding carboxylic acids is 2. The number of para-hydroxylation sites is 1. The maximum atomic E-state index is 13.6. The average Bonchev–Trinajstić information content (AvgIpc) is 2.83. The standard InChI is InChI=1S/C25H30BrCl2N3O4S/c1-17(25(33)29-19-8-4-3-5-9-19)30(15-18-12-13-21(27)22(28)14-18)24(32)16-31(36(2,34)35)23-11-7-6-10-20(23)26/h6-7,10-14,17,19H,3-5,8-9,15-16H2,1-2H3,(H,29,33)/t17-/m0/s1. The fraction of sp³-hybridized carbons (Fsp3) is 0.440. The topological polar surface area (TPSA) is 86.8 Å². The fourth-order valence-corrected chi connectivity index (χ4v) is 6.03. The number of hydrogen-bond acceptors (Lipinski definition) is 4. The van der Waals surface area contributed by atoms with Crippen molar-refractivity contribution in [2.75, 3.05) is 17.1 Å². The Morgan fingerprint density at radius 2 is 1.75 bits per heavy atom. The van der Waals surface area contributed by atoms with Crippen LogP contribution in [0, 0.1) is 0 Å². The first-order valence-electron chi connectivity index (χ1n) is 11.7. The highest BCUT2D eigenvalue weighted by Gasteiger charge is 2.31. The maximum Gasteiger partial charge on any atom is 0.244 e. The molecule has 196 valence electrons. The predicted molar refractivity (Wildman–Crippen MR) is 148 cm³/mol. The zero-order valence-electron chi connectivity index (χ0n) is 20.2. The molecule has 0 spiro atoms. The molecule has 1 aliphatic rings. The molecule has 2 aromatic carbocycles. The normalized spacial score (nSPS) is 15.2. The van der Waals surface area contributed by atoms with Crippen molar-refractivity contribution in [3.8, 4) is 0 Å². The van der Waals surface area contributed by atoms with Crippen molar-refractivity contribution in [3.05, 3.63) is 62.5 Å². The van der Waals surface area contributed by atoms with Crippen LogP contribution in [0.4, 0.5) is 5.69 Å². The molecule has 0 aliphatic heterocycles. The quantitative estimate of drug-likeness (QED) is 0.408. The molecule has 1 atom stereocenters. The van der Waals surface area contributed by atoms with Gasteiger partial charge >= 0.3 is 0 Å². The highest BCUT2D eigenvalue weighted by atomic mass is 79.9. The van der Waals surface area contributed by atoms with Crippen molar-refractivity contribution in [2.24, 2.45) is 0 Å². The molecule has 2 aromatic rings. The fourth-order valence-electron chi connectivity index (χ4n) is 4.23. The first-order valence-corrected chi connectivity index (χ1v) is 15.1. The summed E-state index contributed by atoms with van der Waals surface area (Å²) in [4.78, 5) is 28.2. The molecular formula is C25H30BrCl2N3O4S. The van der Waals surface area contributed by atoms with Gasteiger partial charge in [-0.3, -0.25) is 13.9 Å². The summed E-state index contributed by atoms with van der Waals surface area (Å²) in [5.41, 5.74) is 1.00. The zero-order chi connectivity index (χ0) is 26.5. The molecule has 0 radical (unpaired) electrons. The Morgan fingerprint density at radius 1 is 1.08 bits per heavy atom. The lowest BCUT2D eigenvalue weighted by Crippen LogP contribution is -2.53. The number of hydrogen-bond donors (Lipinski definition) is 1. The lowest BCUT2D eigenvalue weighted by atomic mass is 9.95. The molecule has 11 heteroatoms. The first kappa shape index (κ1) is 28.8. The summed E-state index contributed by atoms with van der Waals surface area (Å²) in [6.07, 6.45) is 6.12. The molecule has 0 unspecified atom stereocenters. The van der Waals surface area contributed by atoms with Crippen LogP contribution in [0.3, 0.4) is 0 Å². The lowest BCUT2D eigenvalue weighted by molar-refractivity contribution is -0.139. The Hall–Kier alpha value is -1.81. The third-order valence-electron chi connectivity index (χ3n) is 6.26. The SMILES string of the molecule is C[C@@H](C(=O)NC1CCCCC1)N(Cc1ccc(Cl)c(Cl)c1)C(=O)CN(c1ccccc1Br)S(C)(=O)=O. The second kappa shape index (κ2) is 12.6. The van der Waals surface area contributed by atoms with Gasteiger partial charge in [0.05, 0.1) is 22.0 Å². The van der Waals surface area contributed by atoms with Crippen molar-refractivity contribution in [1.29, 1.82) is 0 Å². The average molecular weight is 619 g/mol. The smallest absolute Gasteiger partial charge is 0.244 e. The monoisotopic (exact) mass is 617 g/mol. The van der Waals surface area contributed by atoms with E-state index in [1.54, 1.807) is 49.4 Å². The summed E-state index contributed by atoms with van der Waals surface area (Å²) in [6, 6.07) is 11.0. The summed E-state index contributed by atoms with van der Waals surface area (Å²) in [5.74, 6) is -0.796. The predicted octanol–water partition coefficient (Wildman–Crippen LogP) is 5.39. The molecule has 36 heavy (non-hydrogen) atoms. The molecule has 0 bridgehead atoms. The lowest BCUT2D eigenvalue weighted by Gasteiger charge is -2.33. The molecule has 0 aromatic heterocycles. The van der Waals surface area contributed by atoms with E-state index in [0.29, 0.717) is 25.8 Å². The van der Waals surface area contributed by atoms with Crippen molar-refractivity contribution < 1.29 is 18.0 Å². The van der Waals surface area contributed by atoms with Crippen LogP contribution in [0.25, 0.3) is 0 Å². The number of nitrogens with zero attached hydrogens (tertiary/aromatic N) is 2. The van der Waals surface area contributed by atoms with Crippen molar-refractivity contribution >= 4 is 66.7 Å². The number of carbonyl (C=O) groups is 2. The number of rotatable bonds is 9. The number of nitrogens with one attached hydrogen (secondary N) is 1. The van der Waals surface area contributed by atoms with E-state index >= 15 is 0 Å². The van der Waals surface area contributed by atoms with Gasteiger partial charge in [0.15, 0.2) is 0 Å². The molecule has 3 rings (SSSR count). The van der Waals surface area contributed by atoms with E-state index in [1.165, 1.54) is 4.90 Å². The number of anilines is 1. The van der Waals surface area contributed by atoms with Gasteiger partial charge in [-0.1, -0.05) is 60.7 Å². The van der Waals surface area contributed by atoms with Gasteiger partial charge in [0.2, 0.25) is 21.8 Å². The molecule has 2 amide bonds. The van der Waals surface area contributed by atoms with Crippen molar-refractivity contribution in [1.82, 2.24) is 10.2 Å². The molecule has 0 saturated heterocycles. The van der Waals surface area contributed by atoms with Crippen LogP contribution >= 0.6 is 39.1 Å². The third kappa shape index (κ3) is 7.60. The summed E-state index contributed by atoms with van der Waals surface area (Å²) in [7, 11) is -3.81. The second-order valence-electron chi connectivity index (χ2n) is 9.01. The Kier molecular flexibility index (Phi) is 10.1. The van der Waals surface area contributed by atoms with Crippen LogP contribution in [0.2, 0.25) is 10.0 Å². The van der Waals surface area contributed by atoms with Gasteiger partial charge < -0.3 is 10.2 Å². The van der Waals surface area contributed by atoms with Gasteiger partial charge in [-0.25, -0.2) is 8.42 Å². The Balaban J connectivity index is 1.90. The van der Waals surface area contributed by atoms with E-state index in [0.717, 1.165) is 42.7 Å². The highest BCUT2D eigenvalue weighted by Crippen LogP contribution is 2.28. The molecule has 1 aliphatic carbocycles. The molecule has 1 saturated carbocycles. The molecule has 1 fully saturated rings. The summed E-state index contributed by atoms with van der Waals surface area (Å²) in [5, 5.41) is 3.76. The minimum atomic E-state index is -3.81. The number of sulfonamides is 1. The van der Waals surface area contributed by atoms with Crippen molar-refractivity contribution in [3.63, 3.8) is 0 Å². The summed E-state index contributed by atoms with van der Waals surface area (Å²) < 4.78 is 26.9.